The van der Waals surface area contributed by atoms with Gasteiger partial charge in [-0.2, -0.15) is 0 Å². The van der Waals surface area contributed by atoms with Gasteiger partial charge in [-0.15, -0.1) is 0 Å². The zero-order valence-electron chi connectivity index (χ0n) is 3.82. The first-order valence-corrected chi connectivity index (χ1v) is 3.16. The SMILES string of the molecule is [Au].[Se]C1CCCO1. The maximum absolute atomic E-state index is 5.10. The molecule has 7 heavy (non-hydrogen) atoms. The van der Waals surface area contributed by atoms with Crippen LogP contribution in [-0.2, 0) is 27.1 Å². The van der Waals surface area contributed by atoms with E-state index in [4.69, 9.17) is 4.74 Å². The molecule has 2 radical (unpaired) electrons. The molecule has 1 unspecified atom stereocenters. The molecule has 1 fully saturated rings. The van der Waals surface area contributed by atoms with Gasteiger partial charge in [0, 0.05) is 22.4 Å². The first-order chi connectivity index (χ1) is 2.89. The van der Waals surface area contributed by atoms with Crippen LogP contribution in [0.15, 0.2) is 0 Å². The van der Waals surface area contributed by atoms with Crippen LogP contribution in [0.4, 0.5) is 0 Å². The fraction of sp³-hybridized carbons (Fsp3) is 1.00. The fourth-order valence-corrected chi connectivity index (χ4v) is 1.10. The molecular weight excluding hydrogens is 340 g/mol. The van der Waals surface area contributed by atoms with Crippen LogP contribution >= 0.6 is 0 Å². The van der Waals surface area contributed by atoms with Gasteiger partial charge in [0.15, 0.2) is 0 Å². The first-order valence-electron chi connectivity index (χ1n) is 2.17. The zero-order valence-corrected chi connectivity index (χ0v) is 7.70. The summed E-state index contributed by atoms with van der Waals surface area (Å²) >= 11 is 2.92. The predicted molar refractivity (Wildman–Crippen MR) is 24.7 cm³/mol. The van der Waals surface area contributed by atoms with Crippen LogP contribution in [0.25, 0.3) is 0 Å². The summed E-state index contributed by atoms with van der Waals surface area (Å²) in [4.78, 5) is 0. The summed E-state index contributed by atoms with van der Waals surface area (Å²) in [6, 6.07) is 0. The summed E-state index contributed by atoms with van der Waals surface area (Å²) in [5.41, 5.74) is 0. The maximum atomic E-state index is 5.10. The summed E-state index contributed by atoms with van der Waals surface area (Å²) in [6.45, 7) is 0.956. The van der Waals surface area contributed by atoms with E-state index in [0.717, 1.165) is 6.61 Å². The molecule has 0 saturated carbocycles. The minimum atomic E-state index is 0. The van der Waals surface area contributed by atoms with Crippen molar-refractivity contribution in [2.75, 3.05) is 6.61 Å². The van der Waals surface area contributed by atoms with Gasteiger partial charge < -0.3 is 0 Å². The second-order valence-electron chi connectivity index (χ2n) is 1.44. The average Bonchev–Trinajstić information content (AvgIpc) is 1.86. The third-order valence-corrected chi connectivity index (χ3v) is 1.67. The number of hydrogen-bond acceptors (Lipinski definition) is 1. The van der Waals surface area contributed by atoms with Crippen molar-refractivity contribution in [1.29, 1.82) is 0 Å². The third-order valence-electron chi connectivity index (χ3n) is 0.888. The van der Waals surface area contributed by atoms with Crippen LogP contribution in [0.2, 0.25) is 0 Å². The minimum absolute atomic E-state index is 0. The Bertz CT molecular complexity index is 45.0. The van der Waals surface area contributed by atoms with Crippen LogP contribution < -0.4 is 0 Å². The van der Waals surface area contributed by atoms with Gasteiger partial charge in [0.1, 0.15) is 0 Å². The Hall–Kier alpha value is 1.22. The molecule has 3 heteroatoms. The molecule has 1 atom stereocenters. The first kappa shape index (κ1) is 8.22. The molecule has 1 heterocycles. The summed E-state index contributed by atoms with van der Waals surface area (Å²) in [6.07, 6.45) is 2.44. The van der Waals surface area contributed by atoms with Crippen LogP contribution in [0.3, 0.4) is 0 Å². The molecule has 1 nitrogen and oxygen atoms in total. The van der Waals surface area contributed by atoms with Crippen LogP contribution in [0, 0.1) is 0 Å². The van der Waals surface area contributed by atoms with E-state index >= 15 is 0 Å². The van der Waals surface area contributed by atoms with Crippen molar-refractivity contribution in [1.82, 2.24) is 0 Å². The summed E-state index contributed by atoms with van der Waals surface area (Å²) in [5, 5.41) is 0.421. The van der Waals surface area contributed by atoms with E-state index in [1.165, 1.54) is 12.8 Å². The zero-order chi connectivity index (χ0) is 4.41. The van der Waals surface area contributed by atoms with Crippen molar-refractivity contribution in [3.8, 4) is 0 Å². The van der Waals surface area contributed by atoms with Gasteiger partial charge in [-0.3, -0.25) is 0 Å². The summed E-state index contributed by atoms with van der Waals surface area (Å²) < 4.78 is 5.10. The molecule has 0 N–H and O–H groups in total. The molecule has 1 aliphatic rings. The molecule has 1 saturated heterocycles. The second kappa shape index (κ2) is 4.13. The third kappa shape index (κ3) is 2.91. The fourth-order valence-electron chi connectivity index (χ4n) is 0.548. The second-order valence-corrected chi connectivity index (χ2v) is 2.55. The van der Waals surface area contributed by atoms with E-state index in [1.807, 2.05) is 0 Å². The van der Waals surface area contributed by atoms with Gasteiger partial charge in [0.2, 0.25) is 0 Å². The Balaban J connectivity index is 0.000000360. The van der Waals surface area contributed by atoms with Crippen molar-refractivity contribution in [2.24, 2.45) is 0 Å². The molecule has 1 aliphatic heterocycles. The number of hydrogen-bond donors (Lipinski definition) is 0. The molecule has 0 amide bonds. The van der Waals surface area contributed by atoms with Gasteiger partial charge in [-0.05, 0) is 0 Å². The Kier molecular flexibility index (Phi) is 4.85. The molecule has 0 aromatic carbocycles. The Morgan fingerprint density at radius 1 is 1.57 bits per heavy atom. The summed E-state index contributed by atoms with van der Waals surface area (Å²) in [7, 11) is 0. The van der Waals surface area contributed by atoms with E-state index in [2.05, 4.69) is 16.0 Å². The van der Waals surface area contributed by atoms with Crippen molar-refractivity contribution in [2.45, 2.75) is 17.8 Å². The van der Waals surface area contributed by atoms with Crippen molar-refractivity contribution >= 4 is 16.0 Å². The summed E-state index contributed by atoms with van der Waals surface area (Å²) in [5.74, 6) is 0. The molecule has 0 bridgehead atoms. The average molecular weight is 347 g/mol. The van der Waals surface area contributed by atoms with Gasteiger partial charge in [0.05, 0.1) is 0 Å². The normalized spacial score (nSPS) is 29.6. The Morgan fingerprint density at radius 2 is 2.29 bits per heavy atom. The van der Waals surface area contributed by atoms with Gasteiger partial charge in [-0.25, -0.2) is 0 Å². The monoisotopic (exact) mass is 348 g/mol. The van der Waals surface area contributed by atoms with Crippen LogP contribution in [-0.4, -0.2) is 27.6 Å². The Morgan fingerprint density at radius 3 is 2.43 bits per heavy atom. The van der Waals surface area contributed by atoms with E-state index in [-0.39, 0.29) is 22.4 Å². The number of rotatable bonds is 0. The molecule has 0 aliphatic carbocycles. The molecule has 0 aromatic rings. The van der Waals surface area contributed by atoms with Gasteiger partial charge >= 0.3 is 45.2 Å². The van der Waals surface area contributed by atoms with Crippen molar-refractivity contribution < 1.29 is 27.1 Å². The quantitative estimate of drug-likeness (QED) is 0.573. The van der Waals surface area contributed by atoms with Crippen molar-refractivity contribution in [3.05, 3.63) is 0 Å². The van der Waals surface area contributed by atoms with Gasteiger partial charge in [-0.1, -0.05) is 0 Å². The molecule has 0 spiro atoms. The van der Waals surface area contributed by atoms with Crippen LogP contribution in [0.5, 0.6) is 0 Å². The topological polar surface area (TPSA) is 9.23 Å². The standard InChI is InChI=1S/C4H7OSe.Au/c6-4-2-1-3-5-4;/h4H,1-3H2;. The van der Waals surface area contributed by atoms with E-state index < -0.39 is 0 Å². The molecule has 0 aromatic heterocycles. The molecular formula is C4H7AuOSe. The van der Waals surface area contributed by atoms with Crippen molar-refractivity contribution in [3.63, 3.8) is 0 Å². The van der Waals surface area contributed by atoms with Crippen LogP contribution in [0.1, 0.15) is 12.8 Å². The predicted octanol–water partition coefficient (Wildman–Crippen LogP) is 0.289. The Labute approximate surface area is 67.5 Å². The van der Waals surface area contributed by atoms with E-state index in [1.54, 1.807) is 0 Å². The molecule has 46 valence electrons. The molecule has 1 rings (SSSR count). The van der Waals surface area contributed by atoms with E-state index in [9.17, 15) is 0 Å². The van der Waals surface area contributed by atoms with E-state index in [0.29, 0.717) is 5.00 Å². The van der Waals surface area contributed by atoms with Gasteiger partial charge in [0.25, 0.3) is 0 Å². The number of ether oxygens (including phenoxy) is 1.